The van der Waals surface area contributed by atoms with Crippen molar-refractivity contribution in [1.82, 2.24) is 0 Å². The third-order valence-corrected chi connectivity index (χ3v) is 3.49. The fourth-order valence-electron chi connectivity index (χ4n) is 1.85. The normalized spacial score (nSPS) is 14.1. The van der Waals surface area contributed by atoms with E-state index in [4.69, 9.17) is 9.47 Å². The van der Waals surface area contributed by atoms with Crippen molar-refractivity contribution in [2.75, 3.05) is 6.61 Å². The molecule has 0 saturated carbocycles. The molecule has 0 aliphatic heterocycles. The van der Waals surface area contributed by atoms with E-state index in [2.05, 4.69) is 32.9 Å². The lowest BCUT2D eigenvalue weighted by Gasteiger charge is -2.13. The van der Waals surface area contributed by atoms with Crippen LogP contribution in [0.25, 0.3) is 0 Å². The second kappa shape index (κ2) is 12.3. The first-order chi connectivity index (χ1) is 10.3. The number of allylic oxidation sites excluding steroid dienone is 4. The SMILES string of the molecule is CC/C(C)=C\CC/C(C)=C/CCC(C)OC(=O)OCC(C)C. The molecular weight excluding hydrogens is 276 g/mol. The fourth-order valence-corrected chi connectivity index (χ4v) is 1.85. The van der Waals surface area contributed by atoms with Crippen LogP contribution in [0.3, 0.4) is 0 Å². The lowest BCUT2D eigenvalue weighted by atomic mass is 10.1. The van der Waals surface area contributed by atoms with Crippen molar-refractivity contribution in [2.45, 2.75) is 79.8 Å². The molecule has 1 atom stereocenters. The van der Waals surface area contributed by atoms with Crippen molar-refractivity contribution in [3.8, 4) is 0 Å². The van der Waals surface area contributed by atoms with Crippen LogP contribution in [0, 0.1) is 5.92 Å². The van der Waals surface area contributed by atoms with E-state index in [1.807, 2.05) is 20.8 Å². The topological polar surface area (TPSA) is 35.5 Å². The molecule has 0 bridgehead atoms. The second-order valence-corrected chi connectivity index (χ2v) is 6.45. The van der Waals surface area contributed by atoms with E-state index in [0.717, 1.165) is 32.1 Å². The molecule has 0 aliphatic rings. The van der Waals surface area contributed by atoms with Gasteiger partial charge >= 0.3 is 6.16 Å². The molecule has 0 fully saturated rings. The van der Waals surface area contributed by atoms with Crippen molar-refractivity contribution in [3.05, 3.63) is 23.3 Å². The lowest BCUT2D eigenvalue weighted by Crippen LogP contribution is -2.17. The van der Waals surface area contributed by atoms with Gasteiger partial charge in [0.1, 0.15) is 6.10 Å². The highest BCUT2D eigenvalue weighted by molar-refractivity contribution is 5.60. The summed E-state index contributed by atoms with van der Waals surface area (Å²) in [6, 6.07) is 0. The van der Waals surface area contributed by atoms with Crippen LogP contribution in [-0.4, -0.2) is 18.9 Å². The summed E-state index contributed by atoms with van der Waals surface area (Å²) in [5.74, 6) is 0.332. The Morgan fingerprint density at radius 3 is 2.27 bits per heavy atom. The van der Waals surface area contributed by atoms with Crippen LogP contribution in [0.5, 0.6) is 0 Å². The molecule has 0 aromatic rings. The van der Waals surface area contributed by atoms with Crippen LogP contribution < -0.4 is 0 Å². The zero-order chi connectivity index (χ0) is 17.0. The molecule has 0 radical (unpaired) electrons. The van der Waals surface area contributed by atoms with Gasteiger partial charge in [0.25, 0.3) is 0 Å². The van der Waals surface area contributed by atoms with Gasteiger partial charge in [-0.3, -0.25) is 0 Å². The summed E-state index contributed by atoms with van der Waals surface area (Å²) in [5.41, 5.74) is 2.85. The molecule has 0 saturated heterocycles. The van der Waals surface area contributed by atoms with Gasteiger partial charge in [0, 0.05) is 0 Å². The van der Waals surface area contributed by atoms with Crippen LogP contribution in [0.4, 0.5) is 4.79 Å². The van der Waals surface area contributed by atoms with Crippen LogP contribution in [0.2, 0.25) is 0 Å². The standard InChI is InChI=1S/C19H34O3/c1-7-16(4)10-8-11-17(5)12-9-13-18(6)22-19(20)21-14-15(2)3/h10,12,15,18H,7-9,11,13-14H2,1-6H3/b16-10-,17-12+. The molecule has 128 valence electrons. The molecule has 0 aromatic heterocycles. The number of hydrogen-bond acceptors (Lipinski definition) is 3. The molecule has 0 spiro atoms. The van der Waals surface area contributed by atoms with Crippen LogP contribution in [0.1, 0.15) is 73.6 Å². The summed E-state index contributed by atoms with van der Waals surface area (Å²) < 4.78 is 10.2. The summed E-state index contributed by atoms with van der Waals surface area (Å²) in [6.07, 6.45) is 9.00. The molecule has 0 aromatic carbocycles. The molecular formula is C19H34O3. The number of hydrogen-bond donors (Lipinski definition) is 0. The van der Waals surface area contributed by atoms with E-state index in [-0.39, 0.29) is 6.10 Å². The summed E-state index contributed by atoms with van der Waals surface area (Å²) in [6.45, 7) is 12.8. The van der Waals surface area contributed by atoms with Crippen LogP contribution >= 0.6 is 0 Å². The largest absolute Gasteiger partial charge is 0.508 e. The second-order valence-electron chi connectivity index (χ2n) is 6.45. The Hall–Kier alpha value is -1.25. The van der Waals surface area contributed by atoms with Crippen molar-refractivity contribution >= 4 is 6.16 Å². The minimum atomic E-state index is -0.554. The van der Waals surface area contributed by atoms with Crippen molar-refractivity contribution in [1.29, 1.82) is 0 Å². The summed E-state index contributed by atoms with van der Waals surface area (Å²) in [4.78, 5) is 11.4. The predicted molar refractivity (Wildman–Crippen MR) is 93.0 cm³/mol. The maximum atomic E-state index is 11.4. The van der Waals surface area contributed by atoms with Gasteiger partial charge in [-0.1, -0.05) is 44.1 Å². The molecule has 0 heterocycles. The smallest absolute Gasteiger partial charge is 0.434 e. The Kier molecular flexibility index (Phi) is 11.6. The third-order valence-electron chi connectivity index (χ3n) is 3.49. The molecule has 0 N–H and O–H groups in total. The van der Waals surface area contributed by atoms with Crippen molar-refractivity contribution in [2.24, 2.45) is 5.92 Å². The first-order valence-corrected chi connectivity index (χ1v) is 8.49. The Labute approximate surface area is 136 Å². The first kappa shape index (κ1) is 20.8. The number of ether oxygens (including phenoxy) is 2. The maximum absolute atomic E-state index is 11.4. The predicted octanol–water partition coefficient (Wildman–Crippen LogP) is 6.05. The van der Waals surface area contributed by atoms with Crippen LogP contribution in [-0.2, 0) is 9.47 Å². The average molecular weight is 310 g/mol. The van der Waals surface area contributed by atoms with Crippen molar-refractivity contribution in [3.63, 3.8) is 0 Å². The van der Waals surface area contributed by atoms with E-state index >= 15 is 0 Å². The summed E-state index contributed by atoms with van der Waals surface area (Å²) in [7, 11) is 0. The Balaban J connectivity index is 3.87. The van der Waals surface area contributed by atoms with Gasteiger partial charge in [0.15, 0.2) is 0 Å². The molecule has 0 aliphatic carbocycles. The highest BCUT2D eigenvalue weighted by Crippen LogP contribution is 2.11. The molecule has 3 heteroatoms. The molecule has 1 unspecified atom stereocenters. The van der Waals surface area contributed by atoms with E-state index in [1.54, 1.807) is 0 Å². The van der Waals surface area contributed by atoms with E-state index < -0.39 is 6.16 Å². The minimum Gasteiger partial charge on any atom is -0.434 e. The van der Waals surface area contributed by atoms with Gasteiger partial charge in [0.05, 0.1) is 6.61 Å². The zero-order valence-corrected chi connectivity index (χ0v) is 15.3. The lowest BCUT2D eigenvalue weighted by molar-refractivity contribution is 0.0211. The van der Waals surface area contributed by atoms with Gasteiger partial charge in [-0.2, -0.15) is 0 Å². The zero-order valence-electron chi connectivity index (χ0n) is 15.3. The Bertz CT molecular complexity index is 367. The number of rotatable bonds is 10. The number of carbonyl (C=O) groups is 1. The van der Waals surface area contributed by atoms with Gasteiger partial charge in [-0.25, -0.2) is 4.79 Å². The van der Waals surface area contributed by atoms with Gasteiger partial charge in [-0.05, 0) is 58.8 Å². The van der Waals surface area contributed by atoms with Crippen molar-refractivity contribution < 1.29 is 14.3 Å². The maximum Gasteiger partial charge on any atom is 0.508 e. The summed E-state index contributed by atoms with van der Waals surface area (Å²) >= 11 is 0. The highest BCUT2D eigenvalue weighted by Gasteiger charge is 2.10. The van der Waals surface area contributed by atoms with Gasteiger partial charge < -0.3 is 9.47 Å². The third kappa shape index (κ3) is 12.5. The first-order valence-electron chi connectivity index (χ1n) is 8.49. The van der Waals surface area contributed by atoms with Gasteiger partial charge in [0.2, 0.25) is 0 Å². The Morgan fingerprint density at radius 2 is 1.68 bits per heavy atom. The Morgan fingerprint density at radius 1 is 1.05 bits per heavy atom. The minimum absolute atomic E-state index is 0.106. The average Bonchev–Trinajstić information content (AvgIpc) is 2.44. The monoisotopic (exact) mass is 310 g/mol. The van der Waals surface area contributed by atoms with Gasteiger partial charge in [-0.15, -0.1) is 0 Å². The molecule has 22 heavy (non-hydrogen) atoms. The van der Waals surface area contributed by atoms with E-state index in [0.29, 0.717) is 12.5 Å². The summed E-state index contributed by atoms with van der Waals surface area (Å²) in [5, 5.41) is 0. The van der Waals surface area contributed by atoms with E-state index in [9.17, 15) is 4.79 Å². The fraction of sp³-hybridized carbons (Fsp3) is 0.737. The molecule has 0 amide bonds. The molecule has 3 nitrogen and oxygen atoms in total. The number of carbonyl (C=O) groups excluding carboxylic acids is 1. The van der Waals surface area contributed by atoms with E-state index in [1.165, 1.54) is 11.1 Å². The highest BCUT2D eigenvalue weighted by atomic mass is 16.7. The quantitative estimate of drug-likeness (QED) is 0.364. The van der Waals surface area contributed by atoms with Crippen LogP contribution in [0.15, 0.2) is 23.3 Å². The molecule has 0 rings (SSSR count).